The fraction of sp³-hybridized carbons (Fsp3) is 0.600. The largest absolute Gasteiger partial charge is 0.314 e. The Balaban J connectivity index is 0.00000192. The first kappa shape index (κ1) is 19.0. The van der Waals surface area contributed by atoms with Crippen molar-refractivity contribution in [2.24, 2.45) is 0 Å². The van der Waals surface area contributed by atoms with Crippen LogP contribution in [0.1, 0.15) is 12.0 Å². The molecule has 3 rings (SSSR count). The highest BCUT2D eigenvalue weighted by molar-refractivity contribution is 7.89. The summed E-state index contributed by atoms with van der Waals surface area (Å²) >= 11 is 5.93. The molecule has 2 aliphatic heterocycles. The van der Waals surface area contributed by atoms with Crippen LogP contribution in [-0.4, -0.2) is 62.9 Å². The van der Waals surface area contributed by atoms with Gasteiger partial charge >= 0.3 is 0 Å². The van der Waals surface area contributed by atoms with Gasteiger partial charge in [0, 0.05) is 50.3 Å². The molecule has 0 aliphatic carbocycles. The van der Waals surface area contributed by atoms with E-state index in [0.29, 0.717) is 34.6 Å². The molecule has 0 aromatic heterocycles. The van der Waals surface area contributed by atoms with Gasteiger partial charge in [-0.1, -0.05) is 11.6 Å². The van der Waals surface area contributed by atoms with Crippen LogP contribution in [0.15, 0.2) is 23.1 Å². The molecule has 2 fully saturated rings. The topological polar surface area (TPSA) is 52.7 Å². The Morgan fingerprint density at radius 3 is 2.57 bits per heavy atom. The highest BCUT2D eigenvalue weighted by Crippen LogP contribution is 2.27. The van der Waals surface area contributed by atoms with E-state index in [1.165, 1.54) is 0 Å². The molecule has 2 saturated heterocycles. The molecule has 1 N–H and O–H groups in total. The predicted molar refractivity (Wildman–Crippen MR) is 95.0 cm³/mol. The van der Waals surface area contributed by atoms with Crippen LogP contribution >= 0.6 is 24.0 Å². The number of aryl methyl sites for hydroxylation is 1. The summed E-state index contributed by atoms with van der Waals surface area (Å²) in [5.41, 5.74) is 0.707. The van der Waals surface area contributed by atoms with E-state index < -0.39 is 10.0 Å². The number of hydrogen-bond acceptors (Lipinski definition) is 4. The van der Waals surface area contributed by atoms with Gasteiger partial charge in [0.25, 0.3) is 0 Å². The number of piperazine rings is 1. The van der Waals surface area contributed by atoms with Crippen LogP contribution in [0.4, 0.5) is 0 Å². The van der Waals surface area contributed by atoms with E-state index >= 15 is 0 Å². The normalized spacial score (nSPS) is 23.7. The molecule has 0 saturated carbocycles. The van der Waals surface area contributed by atoms with Crippen molar-refractivity contribution in [1.82, 2.24) is 14.5 Å². The van der Waals surface area contributed by atoms with Gasteiger partial charge < -0.3 is 5.32 Å². The van der Waals surface area contributed by atoms with E-state index in [1.807, 2.05) is 0 Å². The molecule has 2 heterocycles. The van der Waals surface area contributed by atoms with Crippen molar-refractivity contribution in [2.75, 3.05) is 39.3 Å². The molecule has 1 aromatic carbocycles. The van der Waals surface area contributed by atoms with Crippen LogP contribution in [0, 0.1) is 6.92 Å². The number of nitrogens with zero attached hydrogens (tertiary/aromatic N) is 2. The molecule has 1 aromatic rings. The van der Waals surface area contributed by atoms with E-state index in [-0.39, 0.29) is 12.4 Å². The van der Waals surface area contributed by atoms with Crippen molar-refractivity contribution in [3.63, 3.8) is 0 Å². The molecule has 130 valence electrons. The van der Waals surface area contributed by atoms with Crippen LogP contribution in [0.25, 0.3) is 0 Å². The van der Waals surface area contributed by atoms with E-state index in [0.717, 1.165) is 32.6 Å². The molecule has 0 spiro atoms. The molecule has 1 atom stereocenters. The standard InChI is InChI=1S/C15H22ClN3O2S.ClH/c1-12-10-13(16)2-3-15(12)22(20,21)19-7-4-14(11-19)18-8-5-17-6-9-18;/h2-3,10,14,17H,4-9,11H2,1H3;1H. The van der Waals surface area contributed by atoms with Gasteiger partial charge in [0.05, 0.1) is 4.90 Å². The molecule has 2 aliphatic rings. The average molecular weight is 380 g/mol. The van der Waals surface area contributed by atoms with Gasteiger partial charge in [-0.05, 0) is 37.1 Å². The van der Waals surface area contributed by atoms with Crippen LogP contribution in [0.2, 0.25) is 5.02 Å². The van der Waals surface area contributed by atoms with Gasteiger partial charge in [-0.15, -0.1) is 12.4 Å². The average Bonchev–Trinajstić information content (AvgIpc) is 2.98. The Morgan fingerprint density at radius 1 is 1.22 bits per heavy atom. The van der Waals surface area contributed by atoms with Crippen molar-refractivity contribution >= 4 is 34.0 Å². The lowest BCUT2D eigenvalue weighted by molar-refractivity contribution is 0.179. The van der Waals surface area contributed by atoms with Crippen molar-refractivity contribution < 1.29 is 8.42 Å². The van der Waals surface area contributed by atoms with E-state index in [9.17, 15) is 8.42 Å². The maximum absolute atomic E-state index is 12.8. The Kier molecular flexibility index (Phi) is 6.33. The third kappa shape index (κ3) is 4.00. The summed E-state index contributed by atoms with van der Waals surface area (Å²) in [7, 11) is -3.43. The summed E-state index contributed by atoms with van der Waals surface area (Å²) < 4.78 is 27.3. The summed E-state index contributed by atoms with van der Waals surface area (Å²) in [6.45, 7) is 6.95. The summed E-state index contributed by atoms with van der Waals surface area (Å²) in [6, 6.07) is 5.30. The molecule has 1 unspecified atom stereocenters. The number of rotatable bonds is 3. The first-order chi connectivity index (χ1) is 10.5. The molecular weight excluding hydrogens is 357 g/mol. The molecule has 23 heavy (non-hydrogen) atoms. The first-order valence-corrected chi connectivity index (χ1v) is 9.51. The van der Waals surface area contributed by atoms with E-state index in [1.54, 1.807) is 29.4 Å². The van der Waals surface area contributed by atoms with Crippen LogP contribution in [-0.2, 0) is 10.0 Å². The fourth-order valence-corrected chi connectivity index (χ4v) is 5.24. The van der Waals surface area contributed by atoms with Gasteiger partial charge in [-0.3, -0.25) is 4.90 Å². The van der Waals surface area contributed by atoms with E-state index in [4.69, 9.17) is 11.6 Å². The molecule has 0 bridgehead atoms. The van der Waals surface area contributed by atoms with Crippen molar-refractivity contribution in [3.8, 4) is 0 Å². The second-order valence-electron chi connectivity index (χ2n) is 6.00. The lowest BCUT2D eigenvalue weighted by Crippen LogP contribution is -2.49. The third-order valence-corrected chi connectivity index (χ3v) is 6.81. The predicted octanol–water partition coefficient (Wildman–Crippen LogP) is 1.74. The Bertz CT molecular complexity index is 648. The second-order valence-corrected chi connectivity index (χ2v) is 8.34. The maximum atomic E-state index is 12.8. The molecular formula is C15H23Cl2N3O2S. The fourth-order valence-electron chi connectivity index (χ4n) is 3.32. The third-order valence-electron chi connectivity index (χ3n) is 4.55. The lowest BCUT2D eigenvalue weighted by atomic mass is 10.2. The highest BCUT2D eigenvalue weighted by Gasteiger charge is 2.36. The Hall–Kier alpha value is -0.370. The summed E-state index contributed by atoms with van der Waals surface area (Å²) in [5.74, 6) is 0. The maximum Gasteiger partial charge on any atom is 0.243 e. The van der Waals surface area contributed by atoms with Gasteiger partial charge in [0.15, 0.2) is 0 Å². The van der Waals surface area contributed by atoms with Crippen molar-refractivity contribution in [3.05, 3.63) is 28.8 Å². The molecule has 0 amide bonds. The van der Waals surface area contributed by atoms with Gasteiger partial charge in [0.2, 0.25) is 10.0 Å². The molecule has 5 nitrogen and oxygen atoms in total. The smallest absolute Gasteiger partial charge is 0.243 e. The Labute approximate surface area is 149 Å². The summed E-state index contributed by atoms with van der Waals surface area (Å²) in [5, 5.41) is 3.90. The minimum absolute atomic E-state index is 0. The summed E-state index contributed by atoms with van der Waals surface area (Å²) in [4.78, 5) is 2.78. The van der Waals surface area contributed by atoms with Crippen molar-refractivity contribution in [2.45, 2.75) is 24.3 Å². The lowest BCUT2D eigenvalue weighted by Gasteiger charge is -2.32. The van der Waals surface area contributed by atoms with E-state index in [2.05, 4.69) is 10.2 Å². The summed E-state index contributed by atoms with van der Waals surface area (Å²) in [6.07, 6.45) is 0.909. The zero-order chi connectivity index (χ0) is 15.7. The molecule has 0 radical (unpaired) electrons. The zero-order valence-electron chi connectivity index (χ0n) is 13.2. The number of sulfonamides is 1. The molecule has 8 heteroatoms. The highest BCUT2D eigenvalue weighted by atomic mass is 35.5. The quantitative estimate of drug-likeness (QED) is 0.868. The van der Waals surface area contributed by atoms with Crippen LogP contribution < -0.4 is 5.32 Å². The number of nitrogens with one attached hydrogen (secondary N) is 1. The van der Waals surface area contributed by atoms with Crippen molar-refractivity contribution in [1.29, 1.82) is 0 Å². The first-order valence-electron chi connectivity index (χ1n) is 7.69. The second kappa shape index (κ2) is 7.68. The SMILES string of the molecule is Cc1cc(Cl)ccc1S(=O)(=O)N1CCC(N2CCNCC2)C1.Cl. The van der Waals surface area contributed by atoms with Gasteiger partial charge in [0.1, 0.15) is 0 Å². The number of hydrogen-bond donors (Lipinski definition) is 1. The van der Waals surface area contributed by atoms with Crippen LogP contribution in [0.3, 0.4) is 0 Å². The van der Waals surface area contributed by atoms with Crippen LogP contribution in [0.5, 0.6) is 0 Å². The van der Waals surface area contributed by atoms with Gasteiger partial charge in [-0.25, -0.2) is 8.42 Å². The van der Waals surface area contributed by atoms with Gasteiger partial charge in [-0.2, -0.15) is 4.31 Å². The monoisotopic (exact) mass is 379 g/mol. The zero-order valence-corrected chi connectivity index (χ0v) is 15.6. The minimum atomic E-state index is -3.43. The number of benzene rings is 1. The number of halogens is 2. The Morgan fingerprint density at radius 2 is 1.91 bits per heavy atom. The minimum Gasteiger partial charge on any atom is -0.314 e.